The third-order valence-electron chi connectivity index (χ3n) is 3.46. The first-order chi connectivity index (χ1) is 10.2. The molecule has 140 valence electrons. The SMILES string of the molecule is CC(C)(C)Sc1ccccc1[C@@H](N1CCNCC1)C(F)(F)F.Cl.Cl. The van der Waals surface area contributed by atoms with Crippen molar-refractivity contribution in [2.24, 2.45) is 0 Å². The van der Waals surface area contributed by atoms with Crippen molar-refractivity contribution in [3.05, 3.63) is 29.8 Å². The normalized spacial score (nSPS) is 17.6. The van der Waals surface area contributed by atoms with E-state index in [1.807, 2.05) is 26.8 Å². The first kappa shape index (κ1) is 23.9. The molecule has 0 saturated carbocycles. The van der Waals surface area contributed by atoms with Crippen LogP contribution in [0, 0.1) is 0 Å². The predicted octanol–water partition coefficient (Wildman–Crippen LogP) is 4.93. The highest BCUT2D eigenvalue weighted by Gasteiger charge is 2.46. The molecular formula is C16H25Cl2F3N2S. The number of hydrogen-bond donors (Lipinski definition) is 1. The molecule has 1 aliphatic heterocycles. The summed E-state index contributed by atoms with van der Waals surface area (Å²) in [5.74, 6) is 0. The van der Waals surface area contributed by atoms with Crippen molar-refractivity contribution in [2.75, 3.05) is 26.2 Å². The van der Waals surface area contributed by atoms with Gasteiger partial charge < -0.3 is 5.32 Å². The molecular weight excluding hydrogens is 380 g/mol. The lowest BCUT2D eigenvalue weighted by molar-refractivity contribution is -0.188. The maximum atomic E-state index is 13.7. The monoisotopic (exact) mass is 404 g/mol. The lowest BCUT2D eigenvalue weighted by atomic mass is 10.0. The van der Waals surface area contributed by atoms with Gasteiger partial charge in [0.25, 0.3) is 0 Å². The van der Waals surface area contributed by atoms with Crippen LogP contribution < -0.4 is 5.32 Å². The maximum Gasteiger partial charge on any atom is 0.408 e. The van der Waals surface area contributed by atoms with Crippen LogP contribution in [0.15, 0.2) is 29.2 Å². The zero-order chi connectivity index (χ0) is 16.4. The predicted molar refractivity (Wildman–Crippen MR) is 99.8 cm³/mol. The van der Waals surface area contributed by atoms with Crippen LogP contribution in [0.2, 0.25) is 0 Å². The van der Waals surface area contributed by atoms with Crippen LogP contribution in [-0.4, -0.2) is 42.0 Å². The Bertz CT molecular complexity index is 501. The highest BCUT2D eigenvalue weighted by molar-refractivity contribution is 8.00. The van der Waals surface area contributed by atoms with Crippen molar-refractivity contribution in [3.63, 3.8) is 0 Å². The average Bonchev–Trinajstić information content (AvgIpc) is 2.39. The van der Waals surface area contributed by atoms with Gasteiger partial charge >= 0.3 is 6.18 Å². The second-order valence-corrected chi connectivity index (χ2v) is 8.35. The summed E-state index contributed by atoms with van der Waals surface area (Å²) in [6.07, 6.45) is -4.27. The van der Waals surface area contributed by atoms with Gasteiger partial charge in [-0.2, -0.15) is 13.2 Å². The van der Waals surface area contributed by atoms with Crippen molar-refractivity contribution in [1.82, 2.24) is 10.2 Å². The number of piperazine rings is 1. The van der Waals surface area contributed by atoms with Gasteiger partial charge in [-0.15, -0.1) is 36.6 Å². The van der Waals surface area contributed by atoms with Crippen molar-refractivity contribution >= 4 is 36.6 Å². The molecule has 1 aliphatic rings. The molecule has 1 N–H and O–H groups in total. The summed E-state index contributed by atoms with van der Waals surface area (Å²) >= 11 is 1.49. The lowest BCUT2D eigenvalue weighted by Gasteiger charge is -2.37. The Labute approximate surface area is 158 Å². The third-order valence-corrected chi connectivity index (χ3v) is 4.66. The standard InChI is InChI=1S/C16H23F3N2S.2ClH/c1-15(2,3)22-13-7-5-4-6-12(13)14(16(17,18)19)21-10-8-20-9-11-21;;/h4-7,14,20H,8-11H2,1-3H3;2*1H/t14-;;/m1../s1. The fourth-order valence-electron chi connectivity index (χ4n) is 2.65. The Morgan fingerprint density at radius 1 is 1.04 bits per heavy atom. The van der Waals surface area contributed by atoms with Gasteiger partial charge in [-0.1, -0.05) is 39.0 Å². The highest BCUT2D eigenvalue weighted by Crippen LogP contribution is 2.44. The zero-order valence-electron chi connectivity index (χ0n) is 14.0. The minimum Gasteiger partial charge on any atom is -0.314 e. The average molecular weight is 405 g/mol. The van der Waals surface area contributed by atoms with Gasteiger partial charge in [0, 0.05) is 35.8 Å². The zero-order valence-corrected chi connectivity index (χ0v) is 16.5. The number of rotatable bonds is 3. The molecule has 1 aromatic rings. The van der Waals surface area contributed by atoms with Crippen molar-refractivity contribution in [1.29, 1.82) is 0 Å². The molecule has 1 saturated heterocycles. The molecule has 0 unspecified atom stereocenters. The Morgan fingerprint density at radius 2 is 1.58 bits per heavy atom. The quantitative estimate of drug-likeness (QED) is 0.718. The van der Waals surface area contributed by atoms with Crippen LogP contribution in [0.4, 0.5) is 13.2 Å². The summed E-state index contributed by atoms with van der Waals surface area (Å²) in [4.78, 5) is 2.26. The number of halogens is 5. The van der Waals surface area contributed by atoms with Gasteiger partial charge in [-0.3, -0.25) is 4.90 Å². The molecule has 1 atom stereocenters. The van der Waals surface area contributed by atoms with Crippen LogP contribution in [0.3, 0.4) is 0 Å². The Hall–Kier alpha value is -0.140. The molecule has 1 aromatic carbocycles. The van der Waals surface area contributed by atoms with Crippen LogP contribution in [0.5, 0.6) is 0 Å². The van der Waals surface area contributed by atoms with Crippen LogP contribution in [0.25, 0.3) is 0 Å². The van der Waals surface area contributed by atoms with E-state index in [-0.39, 0.29) is 29.6 Å². The number of nitrogens with zero attached hydrogens (tertiary/aromatic N) is 1. The molecule has 0 amide bonds. The molecule has 0 bridgehead atoms. The molecule has 0 aromatic heterocycles. The summed E-state index contributed by atoms with van der Waals surface area (Å²) in [5, 5.41) is 3.11. The largest absolute Gasteiger partial charge is 0.408 e. The molecule has 8 heteroatoms. The number of benzene rings is 1. The van der Waals surface area contributed by atoms with Crippen LogP contribution in [-0.2, 0) is 0 Å². The summed E-state index contributed by atoms with van der Waals surface area (Å²) in [6.45, 7) is 8.07. The smallest absolute Gasteiger partial charge is 0.314 e. The van der Waals surface area contributed by atoms with Crippen molar-refractivity contribution < 1.29 is 13.2 Å². The number of hydrogen-bond acceptors (Lipinski definition) is 3. The molecule has 0 radical (unpaired) electrons. The van der Waals surface area contributed by atoms with E-state index in [2.05, 4.69) is 5.32 Å². The minimum absolute atomic E-state index is 0. The van der Waals surface area contributed by atoms with Gasteiger partial charge in [-0.05, 0) is 11.6 Å². The van der Waals surface area contributed by atoms with E-state index >= 15 is 0 Å². The van der Waals surface area contributed by atoms with Crippen molar-refractivity contribution in [2.45, 2.75) is 42.6 Å². The van der Waals surface area contributed by atoms with E-state index in [0.717, 1.165) is 4.90 Å². The topological polar surface area (TPSA) is 15.3 Å². The number of alkyl halides is 3. The second-order valence-electron chi connectivity index (χ2n) is 6.48. The summed E-state index contributed by atoms with van der Waals surface area (Å²) in [7, 11) is 0. The van der Waals surface area contributed by atoms with Gasteiger partial charge in [0.05, 0.1) is 0 Å². The Morgan fingerprint density at radius 3 is 2.08 bits per heavy atom. The Kier molecular flexibility index (Phi) is 9.47. The summed E-state index contributed by atoms with van der Waals surface area (Å²) < 4.78 is 41.1. The van der Waals surface area contributed by atoms with E-state index in [1.54, 1.807) is 23.1 Å². The first-order valence-corrected chi connectivity index (χ1v) is 8.29. The Balaban J connectivity index is 0.00000264. The van der Waals surface area contributed by atoms with E-state index < -0.39 is 12.2 Å². The third kappa shape index (κ3) is 6.64. The molecule has 1 fully saturated rings. The van der Waals surface area contributed by atoms with Gasteiger partial charge in [0.15, 0.2) is 0 Å². The molecule has 0 spiro atoms. The van der Waals surface area contributed by atoms with Gasteiger partial charge in [-0.25, -0.2) is 0 Å². The molecule has 24 heavy (non-hydrogen) atoms. The van der Waals surface area contributed by atoms with Crippen molar-refractivity contribution in [3.8, 4) is 0 Å². The van der Waals surface area contributed by atoms with Crippen LogP contribution >= 0.6 is 36.6 Å². The maximum absolute atomic E-state index is 13.7. The van der Waals surface area contributed by atoms with E-state index in [9.17, 15) is 13.2 Å². The fraction of sp³-hybridized carbons (Fsp3) is 0.625. The van der Waals surface area contributed by atoms with E-state index in [4.69, 9.17) is 0 Å². The number of thioether (sulfide) groups is 1. The van der Waals surface area contributed by atoms with Gasteiger partial charge in [0.1, 0.15) is 6.04 Å². The minimum atomic E-state index is -4.27. The molecule has 2 nitrogen and oxygen atoms in total. The summed E-state index contributed by atoms with van der Waals surface area (Å²) in [5.41, 5.74) is 0.372. The number of nitrogens with one attached hydrogen (secondary N) is 1. The lowest BCUT2D eigenvalue weighted by Crippen LogP contribution is -2.49. The van der Waals surface area contributed by atoms with Crippen LogP contribution in [0.1, 0.15) is 32.4 Å². The molecule has 2 rings (SSSR count). The van der Waals surface area contributed by atoms with Gasteiger partial charge in [0.2, 0.25) is 0 Å². The fourth-order valence-corrected chi connectivity index (χ4v) is 3.75. The van der Waals surface area contributed by atoms with E-state index in [1.165, 1.54) is 11.8 Å². The highest BCUT2D eigenvalue weighted by atomic mass is 35.5. The molecule has 1 heterocycles. The van der Waals surface area contributed by atoms with E-state index in [0.29, 0.717) is 31.7 Å². The summed E-state index contributed by atoms with van der Waals surface area (Å²) in [6, 6.07) is 5.40. The first-order valence-electron chi connectivity index (χ1n) is 7.48. The molecule has 0 aliphatic carbocycles. The second kappa shape index (κ2) is 9.53.